The number of hydrogen-bond acceptors (Lipinski definition) is 4. The minimum atomic E-state index is 0.184. The standard InChI is InChI=1S/C19H24N4O2/c1-15-9-5-3-6-11-21-19(22-15)17-16(24)10-13-23(18(17)20)12-7-4-8-14-25-2/h3-9,11,14,20,24H,10,12-13H2,1-2H3,(H,21,22)/b5-3?,7-4+,11-6?,14-8-,15-9?,20-18?. The van der Waals surface area contributed by atoms with Crippen LogP contribution in [0.25, 0.3) is 5.57 Å². The predicted molar refractivity (Wildman–Crippen MR) is 99.7 cm³/mol. The Morgan fingerprint density at radius 1 is 1.36 bits per heavy atom. The Balaban J connectivity index is 2.30. The first-order chi connectivity index (χ1) is 12.1. The molecule has 0 saturated carbocycles. The molecule has 0 saturated heterocycles. The van der Waals surface area contributed by atoms with E-state index in [9.17, 15) is 5.11 Å². The molecule has 25 heavy (non-hydrogen) atoms. The lowest BCUT2D eigenvalue weighted by Crippen LogP contribution is -2.36. The molecule has 0 amide bonds. The van der Waals surface area contributed by atoms with Crippen molar-refractivity contribution in [2.24, 2.45) is 0 Å². The zero-order valence-corrected chi connectivity index (χ0v) is 14.6. The third kappa shape index (κ3) is 5.24. The Bertz CT molecular complexity index is 745. The van der Waals surface area contributed by atoms with E-state index in [-0.39, 0.29) is 11.6 Å². The van der Waals surface area contributed by atoms with Crippen molar-refractivity contribution in [1.29, 1.82) is 5.41 Å². The van der Waals surface area contributed by atoms with Crippen LogP contribution in [-0.4, -0.2) is 46.0 Å². The number of aryl methyl sites for hydroxylation is 1. The highest BCUT2D eigenvalue weighted by Crippen LogP contribution is 2.24. The smallest absolute Gasteiger partial charge is 0.144 e. The van der Waals surface area contributed by atoms with Gasteiger partial charge in [0.15, 0.2) is 0 Å². The summed E-state index contributed by atoms with van der Waals surface area (Å²) < 4.78 is 4.84. The molecule has 0 bridgehead atoms. The molecule has 1 aromatic heterocycles. The molecular formula is C19H24N4O2. The lowest BCUT2D eigenvalue weighted by Gasteiger charge is -2.29. The van der Waals surface area contributed by atoms with Gasteiger partial charge in [-0.15, -0.1) is 0 Å². The third-order valence-corrected chi connectivity index (χ3v) is 3.66. The van der Waals surface area contributed by atoms with E-state index in [2.05, 4.69) is 9.97 Å². The van der Waals surface area contributed by atoms with Crippen molar-refractivity contribution < 1.29 is 9.84 Å². The molecule has 0 radical (unpaired) electrons. The van der Waals surface area contributed by atoms with Gasteiger partial charge in [-0.3, -0.25) is 5.41 Å². The summed E-state index contributed by atoms with van der Waals surface area (Å²) in [5.41, 5.74) is 1.32. The number of allylic oxidation sites excluding steroid dienone is 2. The van der Waals surface area contributed by atoms with Crippen molar-refractivity contribution in [3.63, 3.8) is 0 Å². The zero-order valence-electron chi connectivity index (χ0n) is 14.6. The van der Waals surface area contributed by atoms with Gasteiger partial charge in [-0.05, 0) is 25.1 Å². The van der Waals surface area contributed by atoms with E-state index < -0.39 is 0 Å². The van der Waals surface area contributed by atoms with E-state index in [0.717, 1.165) is 5.69 Å². The van der Waals surface area contributed by atoms with Gasteiger partial charge in [0.2, 0.25) is 0 Å². The fourth-order valence-corrected chi connectivity index (χ4v) is 2.41. The number of aliphatic hydroxyl groups is 1. The molecule has 2 rings (SSSR count). The predicted octanol–water partition coefficient (Wildman–Crippen LogP) is 3.51. The second-order valence-corrected chi connectivity index (χ2v) is 5.54. The van der Waals surface area contributed by atoms with Gasteiger partial charge in [0, 0.05) is 31.4 Å². The molecule has 1 aliphatic heterocycles. The minimum Gasteiger partial charge on any atom is -0.511 e. The first kappa shape index (κ1) is 18.3. The van der Waals surface area contributed by atoms with Gasteiger partial charge in [0.25, 0.3) is 0 Å². The highest BCUT2D eigenvalue weighted by atomic mass is 16.5. The maximum Gasteiger partial charge on any atom is 0.144 e. The van der Waals surface area contributed by atoms with Crippen LogP contribution >= 0.6 is 0 Å². The van der Waals surface area contributed by atoms with Crippen LogP contribution in [0.1, 0.15) is 17.9 Å². The van der Waals surface area contributed by atoms with E-state index in [1.54, 1.807) is 25.6 Å². The SMILES string of the molecule is CO/C=C\C=C\CN1CCC(O)=C(c2ncccccc(C)[nH]2)C1=N. The van der Waals surface area contributed by atoms with E-state index in [1.165, 1.54) is 0 Å². The van der Waals surface area contributed by atoms with Gasteiger partial charge in [0.1, 0.15) is 17.4 Å². The van der Waals surface area contributed by atoms with E-state index >= 15 is 0 Å². The zero-order chi connectivity index (χ0) is 18.1. The van der Waals surface area contributed by atoms with Crippen LogP contribution in [0.4, 0.5) is 0 Å². The summed E-state index contributed by atoms with van der Waals surface area (Å²) in [5, 5.41) is 18.8. The number of ether oxygens (including phenoxy) is 1. The molecule has 0 spiro atoms. The highest BCUT2D eigenvalue weighted by molar-refractivity contribution is 6.21. The quantitative estimate of drug-likeness (QED) is 0.565. The monoisotopic (exact) mass is 340 g/mol. The van der Waals surface area contributed by atoms with Crippen LogP contribution in [0.15, 0.2) is 60.7 Å². The normalized spacial score (nSPS) is 15.1. The molecule has 1 aromatic rings. The van der Waals surface area contributed by atoms with Gasteiger partial charge in [0.05, 0.1) is 18.9 Å². The molecule has 0 unspecified atom stereocenters. The second kappa shape index (κ2) is 9.32. The van der Waals surface area contributed by atoms with Crippen molar-refractivity contribution in [1.82, 2.24) is 14.9 Å². The maximum absolute atomic E-state index is 10.4. The number of nitrogens with one attached hydrogen (secondary N) is 2. The van der Waals surface area contributed by atoms with Crippen LogP contribution in [0, 0.1) is 12.3 Å². The number of nitrogens with zero attached hydrogens (tertiary/aromatic N) is 2. The number of methoxy groups -OCH3 is 1. The van der Waals surface area contributed by atoms with Crippen molar-refractivity contribution in [3.05, 3.63) is 72.2 Å². The van der Waals surface area contributed by atoms with E-state index in [4.69, 9.17) is 10.1 Å². The number of amidine groups is 1. The molecule has 3 N–H and O–H groups in total. The molecule has 2 heterocycles. The lowest BCUT2D eigenvalue weighted by molar-refractivity contribution is 0.338. The second-order valence-electron chi connectivity index (χ2n) is 5.54. The van der Waals surface area contributed by atoms with Crippen molar-refractivity contribution in [3.8, 4) is 0 Å². The molecule has 0 aliphatic carbocycles. The summed E-state index contributed by atoms with van der Waals surface area (Å²) in [6.07, 6.45) is 9.31. The summed E-state index contributed by atoms with van der Waals surface area (Å²) in [6.45, 7) is 3.08. The Hall–Kier alpha value is -3.02. The van der Waals surface area contributed by atoms with Gasteiger partial charge < -0.3 is 19.7 Å². The summed E-state index contributed by atoms with van der Waals surface area (Å²) in [7, 11) is 1.59. The lowest BCUT2D eigenvalue weighted by atomic mass is 10.1. The Kier molecular flexibility index (Phi) is 6.83. The van der Waals surface area contributed by atoms with Gasteiger partial charge in [-0.25, -0.2) is 4.98 Å². The first-order valence-corrected chi connectivity index (χ1v) is 8.09. The van der Waals surface area contributed by atoms with Gasteiger partial charge in [-0.2, -0.15) is 0 Å². The molecule has 0 atom stereocenters. The number of rotatable bonds is 5. The molecule has 0 aromatic carbocycles. The summed E-state index contributed by atoms with van der Waals surface area (Å²) in [5.74, 6) is 0.914. The van der Waals surface area contributed by atoms with Crippen molar-refractivity contribution in [2.75, 3.05) is 20.2 Å². The number of aliphatic hydroxyl groups excluding tert-OH is 1. The Labute approximate surface area is 148 Å². The van der Waals surface area contributed by atoms with E-state index in [1.807, 2.05) is 48.2 Å². The van der Waals surface area contributed by atoms with Crippen LogP contribution < -0.4 is 0 Å². The fourth-order valence-electron chi connectivity index (χ4n) is 2.41. The molecule has 6 nitrogen and oxygen atoms in total. The van der Waals surface area contributed by atoms with Crippen molar-refractivity contribution >= 4 is 11.4 Å². The molecule has 6 heteroatoms. The highest BCUT2D eigenvalue weighted by Gasteiger charge is 2.25. The molecule has 1 aliphatic rings. The third-order valence-electron chi connectivity index (χ3n) is 3.66. The number of aromatic nitrogens is 2. The number of hydrogen-bond donors (Lipinski definition) is 3. The Morgan fingerprint density at radius 3 is 3.00 bits per heavy atom. The average molecular weight is 340 g/mol. The minimum absolute atomic E-state index is 0.184. The molecule has 0 fully saturated rings. The van der Waals surface area contributed by atoms with Gasteiger partial charge in [-0.1, -0.05) is 24.3 Å². The summed E-state index contributed by atoms with van der Waals surface area (Å²) in [4.78, 5) is 9.44. The van der Waals surface area contributed by atoms with Crippen LogP contribution in [0.5, 0.6) is 0 Å². The Morgan fingerprint density at radius 2 is 2.20 bits per heavy atom. The maximum atomic E-state index is 10.4. The fraction of sp³-hybridized carbons (Fsp3) is 0.263. The summed E-state index contributed by atoms with van der Waals surface area (Å²) >= 11 is 0. The average Bonchev–Trinajstić information content (AvgIpc) is 2.69. The summed E-state index contributed by atoms with van der Waals surface area (Å²) in [6, 6.07) is 7.51. The van der Waals surface area contributed by atoms with Gasteiger partial charge >= 0.3 is 0 Å². The van der Waals surface area contributed by atoms with Crippen LogP contribution in [0.3, 0.4) is 0 Å². The molecular weight excluding hydrogens is 316 g/mol. The molecule has 132 valence electrons. The van der Waals surface area contributed by atoms with E-state index in [0.29, 0.717) is 30.9 Å². The number of H-pyrrole nitrogens is 1. The van der Waals surface area contributed by atoms with Crippen molar-refractivity contribution in [2.45, 2.75) is 13.3 Å². The van der Waals surface area contributed by atoms with Crippen LogP contribution in [-0.2, 0) is 4.74 Å². The van der Waals surface area contributed by atoms with Crippen LogP contribution in [0.2, 0.25) is 0 Å². The first-order valence-electron chi connectivity index (χ1n) is 8.09. The topological polar surface area (TPSA) is 85.2 Å². The largest absolute Gasteiger partial charge is 0.511 e. The number of aromatic amines is 1.